The summed E-state index contributed by atoms with van der Waals surface area (Å²) in [5.41, 5.74) is -0.642. The fraction of sp³-hybridized carbons (Fsp3) is 0.625. The molecular weight excluding hydrogens is 332 g/mol. The molecule has 0 aliphatic carbocycles. The van der Waals surface area contributed by atoms with E-state index in [2.05, 4.69) is 10.2 Å². The van der Waals surface area contributed by atoms with Crippen LogP contribution in [0.2, 0.25) is 0 Å². The first kappa shape index (κ1) is 20.2. The Labute approximate surface area is 140 Å². The topological polar surface area (TPSA) is 15.3 Å². The van der Waals surface area contributed by atoms with Gasteiger partial charge in [0.2, 0.25) is 0 Å². The number of unbranched alkanes of at least 4 members (excludes halogenated alkanes) is 1. The van der Waals surface area contributed by atoms with Crippen LogP contribution in [0.4, 0.5) is 17.6 Å². The van der Waals surface area contributed by atoms with E-state index in [4.69, 9.17) is 0 Å². The van der Waals surface area contributed by atoms with Gasteiger partial charge in [0.1, 0.15) is 5.82 Å². The van der Waals surface area contributed by atoms with Gasteiger partial charge in [-0.25, -0.2) is 4.39 Å². The van der Waals surface area contributed by atoms with Gasteiger partial charge >= 0.3 is 6.18 Å². The predicted octanol–water partition coefficient (Wildman–Crippen LogP) is 4.40. The van der Waals surface area contributed by atoms with Crippen LogP contribution in [0.3, 0.4) is 0 Å². The summed E-state index contributed by atoms with van der Waals surface area (Å²) in [5.74, 6) is -0.842. The molecule has 0 spiro atoms. The summed E-state index contributed by atoms with van der Waals surface area (Å²) in [6, 6.07) is 2.75. The molecule has 0 radical (unpaired) electrons. The summed E-state index contributed by atoms with van der Waals surface area (Å²) in [4.78, 5) is 2.08. The van der Waals surface area contributed by atoms with Crippen molar-refractivity contribution >= 4 is 12.4 Å². The first-order chi connectivity index (χ1) is 10.4. The highest BCUT2D eigenvalue weighted by atomic mass is 35.5. The van der Waals surface area contributed by atoms with E-state index in [0.717, 1.165) is 32.0 Å². The van der Waals surface area contributed by atoms with Crippen molar-refractivity contribution in [2.45, 2.75) is 38.4 Å². The lowest BCUT2D eigenvalue weighted by Gasteiger charge is -2.36. The molecule has 2 nitrogen and oxygen atoms in total. The molecule has 0 aromatic heterocycles. The maximum Gasteiger partial charge on any atom is 0.416 e. The van der Waals surface area contributed by atoms with Crippen LogP contribution in [0, 0.1) is 5.82 Å². The van der Waals surface area contributed by atoms with Crippen molar-refractivity contribution in [2.75, 3.05) is 26.2 Å². The molecule has 1 aromatic carbocycles. The van der Waals surface area contributed by atoms with Crippen molar-refractivity contribution in [2.24, 2.45) is 0 Å². The van der Waals surface area contributed by atoms with Crippen molar-refractivity contribution in [3.8, 4) is 0 Å². The summed E-state index contributed by atoms with van der Waals surface area (Å²) < 4.78 is 53.2. The number of hydrogen-bond acceptors (Lipinski definition) is 2. The van der Waals surface area contributed by atoms with Crippen molar-refractivity contribution in [1.29, 1.82) is 0 Å². The molecule has 1 atom stereocenters. The van der Waals surface area contributed by atoms with Gasteiger partial charge in [0.05, 0.1) is 5.56 Å². The van der Waals surface area contributed by atoms with E-state index < -0.39 is 17.6 Å². The number of benzene rings is 1. The minimum atomic E-state index is -4.53. The fourth-order valence-electron chi connectivity index (χ4n) is 2.99. The quantitative estimate of drug-likeness (QED) is 0.788. The standard InChI is InChI=1S/C16H22F4N2.ClH/c1-2-3-4-15(22-9-7-21-8-10-22)13-6-5-12(17)11-14(13)16(18,19)20;/h5-6,11,15,21H,2-4,7-10H2,1H3;1H/t15-;/m0./s1. The van der Waals surface area contributed by atoms with Gasteiger partial charge in [0, 0.05) is 32.2 Å². The van der Waals surface area contributed by atoms with E-state index >= 15 is 0 Å². The smallest absolute Gasteiger partial charge is 0.314 e. The van der Waals surface area contributed by atoms with Gasteiger partial charge in [-0.1, -0.05) is 25.8 Å². The number of hydrogen-bond donors (Lipinski definition) is 1. The molecule has 1 saturated heterocycles. The van der Waals surface area contributed by atoms with Gasteiger partial charge in [-0.05, 0) is 24.1 Å². The molecule has 1 heterocycles. The number of nitrogens with zero attached hydrogens (tertiary/aromatic N) is 1. The molecule has 1 aromatic rings. The summed E-state index contributed by atoms with van der Waals surface area (Å²) in [6.45, 7) is 4.98. The largest absolute Gasteiger partial charge is 0.416 e. The lowest BCUT2D eigenvalue weighted by atomic mass is 9.94. The molecule has 0 amide bonds. The highest BCUT2D eigenvalue weighted by Crippen LogP contribution is 2.38. The Kier molecular flexibility index (Phi) is 7.77. The van der Waals surface area contributed by atoms with E-state index in [1.165, 1.54) is 6.07 Å². The molecule has 0 unspecified atom stereocenters. The Balaban J connectivity index is 0.00000264. The number of nitrogens with one attached hydrogen (secondary N) is 1. The van der Waals surface area contributed by atoms with Crippen LogP contribution in [0.25, 0.3) is 0 Å². The monoisotopic (exact) mass is 354 g/mol. The van der Waals surface area contributed by atoms with Crippen molar-refractivity contribution < 1.29 is 17.6 Å². The molecule has 1 fully saturated rings. The van der Waals surface area contributed by atoms with Crippen LogP contribution in [0.15, 0.2) is 18.2 Å². The van der Waals surface area contributed by atoms with Crippen molar-refractivity contribution in [3.63, 3.8) is 0 Å². The maximum absolute atomic E-state index is 13.3. The zero-order valence-electron chi connectivity index (χ0n) is 13.1. The average molecular weight is 355 g/mol. The second-order valence-electron chi connectivity index (χ2n) is 5.67. The lowest BCUT2D eigenvalue weighted by Crippen LogP contribution is -2.45. The van der Waals surface area contributed by atoms with Crippen LogP contribution in [0.1, 0.15) is 43.4 Å². The van der Waals surface area contributed by atoms with E-state index in [1.54, 1.807) is 0 Å². The molecule has 1 aliphatic rings. The summed E-state index contributed by atoms with van der Waals surface area (Å²) in [7, 11) is 0. The number of halogens is 5. The Morgan fingerprint density at radius 2 is 1.87 bits per heavy atom. The number of rotatable bonds is 5. The highest BCUT2D eigenvalue weighted by Gasteiger charge is 2.37. The van der Waals surface area contributed by atoms with Crippen LogP contribution >= 0.6 is 12.4 Å². The Morgan fingerprint density at radius 1 is 1.22 bits per heavy atom. The minimum Gasteiger partial charge on any atom is -0.314 e. The van der Waals surface area contributed by atoms with Gasteiger partial charge in [-0.2, -0.15) is 13.2 Å². The maximum atomic E-state index is 13.3. The zero-order chi connectivity index (χ0) is 16.2. The average Bonchev–Trinajstić information content (AvgIpc) is 2.49. The third kappa shape index (κ3) is 5.33. The van der Waals surface area contributed by atoms with E-state index in [0.29, 0.717) is 25.6 Å². The first-order valence-corrected chi connectivity index (χ1v) is 7.75. The number of alkyl halides is 3. The van der Waals surface area contributed by atoms with Gasteiger partial charge in [0.25, 0.3) is 0 Å². The van der Waals surface area contributed by atoms with Crippen LogP contribution < -0.4 is 5.32 Å². The third-order valence-corrected chi connectivity index (χ3v) is 4.10. The Bertz CT molecular complexity index is 487. The molecule has 0 saturated carbocycles. The van der Waals surface area contributed by atoms with Crippen molar-refractivity contribution in [1.82, 2.24) is 10.2 Å². The summed E-state index contributed by atoms with van der Waals surface area (Å²) in [6.07, 6.45) is -2.10. The second kappa shape index (κ2) is 8.85. The van der Waals surface area contributed by atoms with Gasteiger partial charge in [0.15, 0.2) is 0 Å². The first-order valence-electron chi connectivity index (χ1n) is 7.75. The fourth-order valence-corrected chi connectivity index (χ4v) is 2.99. The Hall–Kier alpha value is -0.850. The molecule has 0 bridgehead atoms. The Morgan fingerprint density at radius 3 is 2.43 bits per heavy atom. The van der Waals surface area contributed by atoms with Crippen LogP contribution in [-0.2, 0) is 6.18 Å². The number of piperazine rings is 1. The molecule has 2 rings (SSSR count). The minimum absolute atomic E-state index is 0. The summed E-state index contributed by atoms with van der Waals surface area (Å²) >= 11 is 0. The molecule has 1 aliphatic heterocycles. The van der Waals surface area contributed by atoms with E-state index in [9.17, 15) is 17.6 Å². The van der Waals surface area contributed by atoms with Gasteiger partial charge < -0.3 is 5.32 Å². The summed E-state index contributed by atoms with van der Waals surface area (Å²) in [5, 5.41) is 3.21. The highest BCUT2D eigenvalue weighted by molar-refractivity contribution is 5.85. The van der Waals surface area contributed by atoms with Crippen molar-refractivity contribution in [3.05, 3.63) is 35.1 Å². The second-order valence-corrected chi connectivity index (χ2v) is 5.67. The SMILES string of the molecule is CCCC[C@@H](c1ccc(F)cc1C(F)(F)F)N1CCNCC1.Cl. The molecule has 1 N–H and O–H groups in total. The van der Waals surface area contributed by atoms with Crippen LogP contribution in [0.5, 0.6) is 0 Å². The van der Waals surface area contributed by atoms with Gasteiger partial charge in [-0.15, -0.1) is 12.4 Å². The van der Waals surface area contributed by atoms with Crippen LogP contribution in [-0.4, -0.2) is 31.1 Å². The molecular formula is C16H23ClF4N2. The molecule has 7 heteroatoms. The van der Waals surface area contributed by atoms with E-state index in [1.807, 2.05) is 6.92 Å². The van der Waals surface area contributed by atoms with Gasteiger partial charge in [-0.3, -0.25) is 4.90 Å². The third-order valence-electron chi connectivity index (χ3n) is 4.10. The van der Waals surface area contributed by atoms with E-state index in [-0.39, 0.29) is 24.0 Å². The lowest BCUT2D eigenvalue weighted by molar-refractivity contribution is -0.139. The molecule has 23 heavy (non-hydrogen) atoms. The molecule has 132 valence electrons. The zero-order valence-corrected chi connectivity index (χ0v) is 13.9. The predicted molar refractivity (Wildman–Crippen MR) is 85.4 cm³/mol. The normalized spacial score (nSPS) is 17.6.